The molecule has 3 aromatic carbocycles. The van der Waals surface area contributed by atoms with Gasteiger partial charge in [0.2, 0.25) is 0 Å². The highest BCUT2D eigenvalue weighted by Gasteiger charge is 2.16. The first-order chi connectivity index (χ1) is 15.6. The number of nitrogens with one attached hydrogen (secondary N) is 2. The van der Waals surface area contributed by atoms with Crippen molar-refractivity contribution in [3.05, 3.63) is 95.6 Å². The Hall–Kier alpha value is -3.60. The van der Waals surface area contributed by atoms with Crippen molar-refractivity contribution in [1.29, 1.82) is 0 Å². The number of rotatable bonds is 10. The highest BCUT2D eigenvalue weighted by molar-refractivity contribution is 6.09. The Kier molecular flexibility index (Phi) is 8.44. The van der Waals surface area contributed by atoms with Crippen LogP contribution in [0.1, 0.15) is 65.4 Å². The SMILES string of the molecule is CCCCCOc1ccc(C(=O)Nc2ccccc2C(=O)N[C@@H](C)c2ccccc2)cc1. The molecule has 0 aliphatic heterocycles. The van der Waals surface area contributed by atoms with Gasteiger partial charge in [0.05, 0.1) is 23.9 Å². The Bertz CT molecular complexity index is 1020. The largest absolute Gasteiger partial charge is 0.494 e. The lowest BCUT2D eigenvalue weighted by Gasteiger charge is -2.16. The van der Waals surface area contributed by atoms with Crippen LogP contribution in [-0.4, -0.2) is 18.4 Å². The first-order valence-corrected chi connectivity index (χ1v) is 11.1. The third kappa shape index (κ3) is 6.45. The van der Waals surface area contributed by atoms with Crippen LogP contribution >= 0.6 is 0 Å². The zero-order valence-electron chi connectivity index (χ0n) is 18.6. The second-order valence-corrected chi connectivity index (χ2v) is 7.69. The van der Waals surface area contributed by atoms with Crippen molar-refractivity contribution in [3.63, 3.8) is 0 Å². The highest BCUT2D eigenvalue weighted by atomic mass is 16.5. The molecule has 0 saturated carbocycles. The Morgan fingerprint density at radius 2 is 1.53 bits per heavy atom. The molecule has 0 fully saturated rings. The maximum atomic E-state index is 12.9. The standard InChI is InChI=1S/C27H30N2O3/c1-3-4-10-19-32-23-17-15-22(16-18-23)26(30)29-25-14-9-8-13-24(25)27(31)28-20(2)21-11-6-5-7-12-21/h5-9,11-18,20H,3-4,10,19H2,1-2H3,(H,28,31)(H,29,30)/t20-/m0/s1. The summed E-state index contributed by atoms with van der Waals surface area (Å²) in [5.41, 5.74) is 2.40. The third-order valence-corrected chi connectivity index (χ3v) is 5.20. The number of hydrogen-bond acceptors (Lipinski definition) is 3. The van der Waals surface area contributed by atoms with E-state index in [9.17, 15) is 9.59 Å². The fourth-order valence-electron chi connectivity index (χ4n) is 3.33. The van der Waals surface area contributed by atoms with Gasteiger partial charge in [-0.05, 0) is 55.3 Å². The van der Waals surface area contributed by atoms with Gasteiger partial charge in [-0.3, -0.25) is 9.59 Å². The fourth-order valence-corrected chi connectivity index (χ4v) is 3.33. The number of hydrogen-bond donors (Lipinski definition) is 2. The summed E-state index contributed by atoms with van der Waals surface area (Å²) < 4.78 is 5.70. The van der Waals surface area contributed by atoms with E-state index in [0.29, 0.717) is 23.4 Å². The first kappa shape index (κ1) is 23.1. The van der Waals surface area contributed by atoms with Gasteiger partial charge in [-0.15, -0.1) is 0 Å². The lowest BCUT2D eigenvalue weighted by molar-refractivity contribution is 0.0940. The summed E-state index contributed by atoms with van der Waals surface area (Å²) in [5, 5.41) is 5.85. The molecule has 0 heterocycles. The van der Waals surface area contributed by atoms with Gasteiger partial charge in [0, 0.05) is 5.56 Å². The van der Waals surface area contributed by atoms with Crippen LogP contribution in [0.4, 0.5) is 5.69 Å². The molecule has 0 aliphatic rings. The number of carbonyl (C=O) groups is 2. The molecule has 5 nitrogen and oxygen atoms in total. The topological polar surface area (TPSA) is 67.4 Å². The number of amides is 2. The molecule has 0 aromatic heterocycles. The molecule has 166 valence electrons. The minimum absolute atomic E-state index is 0.155. The Morgan fingerprint density at radius 3 is 2.25 bits per heavy atom. The first-order valence-electron chi connectivity index (χ1n) is 11.1. The van der Waals surface area contributed by atoms with Crippen LogP contribution in [0.3, 0.4) is 0 Å². The van der Waals surface area contributed by atoms with E-state index < -0.39 is 0 Å². The van der Waals surface area contributed by atoms with E-state index >= 15 is 0 Å². The highest BCUT2D eigenvalue weighted by Crippen LogP contribution is 2.20. The quantitative estimate of drug-likeness (QED) is 0.388. The summed E-state index contributed by atoms with van der Waals surface area (Å²) in [7, 11) is 0. The Morgan fingerprint density at radius 1 is 0.844 bits per heavy atom. The molecule has 0 saturated heterocycles. The van der Waals surface area contributed by atoms with Crippen LogP contribution < -0.4 is 15.4 Å². The van der Waals surface area contributed by atoms with E-state index in [2.05, 4.69) is 17.6 Å². The van der Waals surface area contributed by atoms with Gasteiger partial charge in [-0.1, -0.05) is 62.2 Å². The number of benzene rings is 3. The number of ether oxygens (including phenoxy) is 1. The van der Waals surface area contributed by atoms with Crippen molar-refractivity contribution in [1.82, 2.24) is 5.32 Å². The van der Waals surface area contributed by atoms with Crippen LogP contribution in [-0.2, 0) is 0 Å². The molecule has 32 heavy (non-hydrogen) atoms. The molecule has 2 N–H and O–H groups in total. The van der Waals surface area contributed by atoms with E-state index in [-0.39, 0.29) is 17.9 Å². The van der Waals surface area contributed by atoms with Gasteiger partial charge >= 0.3 is 0 Å². The van der Waals surface area contributed by atoms with Crippen molar-refractivity contribution in [3.8, 4) is 5.75 Å². The molecule has 3 rings (SSSR count). The average molecular weight is 431 g/mol. The van der Waals surface area contributed by atoms with Crippen molar-refractivity contribution < 1.29 is 14.3 Å². The summed E-state index contributed by atoms with van der Waals surface area (Å²) in [4.78, 5) is 25.6. The number of para-hydroxylation sites is 1. The van der Waals surface area contributed by atoms with Gasteiger partial charge < -0.3 is 15.4 Å². The zero-order valence-corrected chi connectivity index (χ0v) is 18.6. The van der Waals surface area contributed by atoms with Gasteiger partial charge in [-0.25, -0.2) is 0 Å². The molecule has 5 heteroatoms. The normalized spacial score (nSPS) is 11.4. The predicted octanol–water partition coefficient (Wildman–Crippen LogP) is 6.00. The second-order valence-electron chi connectivity index (χ2n) is 7.69. The lowest BCUT2D eigenvalue weighted by atomic mass is 10.1. The van der Waals surface area contributed by atoms with Crippen LogP contribution in [0.2, 0.25) is 0 Å². The van der Waals surface area contributed by atoms with Crippen LogP contribution in [0.15, 0.2) is 78.9 Å². The fraction of sp³-hybridized carbons (Fsp3) is 0.259. The van der Waals surface area contributed by atoms with Crippen molar-refractivity contribution in [2.24, 2.45) is 0 Å². The third-order valence-electron chi connectivity index (χ3n) is 5.20. The van der Waals surface area contributed by atoms with Crippen LogP contribution in [0.25, 0.3) is 0 Å². The Labute approximate surface area is 189 Å². The molecule has 0 unspecified atom stereocenters. The molecular formula is C27H30N2O3. The molecule has 2 amide bonds. The zero-order chi connectivity index (χ0) is 22.8. The van der Waals surface area contributed by atoms with Crippen molar-refractivity contribution >= 4 is 17.5 Å². The predicted molar refractivity (Wildman–Crippen MR) is 128 cm³/mol. The van der Waals surface area contributed by atoms with Gasteiger partial charge in [0.1, 0.15) is 5.75 Å². The van der Waals surface area contributed by atoms with E-state index in [1.165, 1.54) is 0 Å². The molecule has 3 aromatic rings. The Balaban J connectivity index is 1.64. The maximum absolute atomic E-state index is 12.9. The van der Waals surface area contributed by atoms with Crippen LogP contribution in [0, 0.1) is 0 Å². The lowest BCUT2D eigenvalue weighted by Crippen LogP contribution is -2.28. The van der Waals surface area contributed by atoms with Gasteiger partial charge in [0.15, 0.2) is 0 Å². The molecule has 0 aliphatic carbocycles. The number of carbonyl (C=O) groups excluding carboxylic acids is 2. The second kappa shape index (κ2) is 11.7. The smallest absolute Gasteiger partial charge is 0.255 e. The minimum atomic E-state index is -0.279. The summed E-state index contributed by atoms with van der Waals surface area (Å²) >= 11 is 0. The molecule has 1 atom stereocenters. The average Bonchev–Trinajstić information content (AvgIpc) is 2.83. The van der Waals surface area contributed by atoms with Gasteiger partial charge in [0.25, 0.3) is 11.8 Å². The minimum Gasteiger partial charge on any atom is -0.494 e. The molecule has 0 bridgehead atoms. The van der Waals surface area contributed by atoms with Crippen molar-refractivity contribution in [2.45, 2.75) is 39.2 Å². The molecular weight excluding hydrogens is 400 g/mol. The van der Waals surface area contributed by atoms with E-state index in [4.69, 9.17) is 4.74 Å². The van der Waals surface area contributed by atoms with E-state index in [1.54, 1.807) is 48.5 Å². The molecule has 0 spiro atoms. The monoisotopic (exact) mass is 430 g/mol. The van der Waals surface area contributed by atoms with Gasteiger partial charge in [-0.2, -0.15) is 0 Å². The summed E-state index contributed by atoms with van der Waals surface area (Å²) in [6, 6.07) is 23.6. The molecule has 0 radical (unpaired) electrons. The summed E-state index contributed by atoms with van der Waals surface area (Å²) in [6.45, 7) is 4.75. The van der Waals surface area contributed by atoms with Crippen molar-refractivity contribution in [2.75, 3.05) is 11.9 Å². The van der Waals surface area contributed by atoms with Crippen LogP contribution in [0.5, 0.6) is 5.75 Å². The maximum Gasteiger partial charge on any atom is 0.255 e. The van der Waals surface area contributed by atoms with E-state index in [0.717, 1.165) is 30.6 Å². The van der Waals surface area contributed by atoms with E-state index in [1.807, 2.05) is 37.3 Å². The summed E-state index contributed by atoms with van der Waals surface area (Å²) in [5.74, 6) is 0.222. The summed E-state index contributed by atoms with van der Waals surface area (Å²) in [6.07, 6.45) is 3.30. The number of unbranched alkanes of at least 4 members (excludes halogenated alkanes) is 2. The number of anilines is 1.